The molecule has 0 fully saturated rings. The summed E-state index contributed by atoms with van der Waals surface area (Å²) < 4.78 is 9.18. The first kappa shape index (κ1) is 34.6. The van der Waals surface area contributed by atoms with Crippen LogP contribution in [0.15, 0.2) is 211 Å². The summed E-state index contributed by atoms with van der Waals surface area (Å²) in [5.74, 6) is 0. The van der Waals surface area contributed by atoms with Gasteiger partial charge >= 0.3 is 0 Å². The van der Waals surface area contributed by atoms with Crippen LogP contribution in [0.1, 0.15) is 11.1 Å². The van der Waals surface area contributed by atoms with Crippen molar-refractivity contribution in [2.24, 2.45) is 0 Å². The van der Waals surface area contributed by atoms with Gasteiger partial charge in [-0.1, -0.05) is 140 Å². The van der Waals surface area contributed by atoms with E-state index in [1.165, 1.54) is 55.2 Å². The molecule has 3 nitrogen and oxygen atoms in total. The molecule has 0 aliphatic carbocycles. The molecule has 0 saturated heterocycles. The second-order valence-corrected chi connectivity index (χ2v) is 15.5. The SMILES string of the molecule is Cc1cc(N(c2ccc(-c3ccccc3)cc2)c2cc(-c3cccc(-n4c5ccccc5c5ccccc54)c3)c3oc4ccccc4c3c2)cc(C)c1-c1ccccc1. The van der Waals surface area contributed by atoms with E-state index in [9.17, 15) is 0 Å². The Kier molecular flexibility index (Phi) is 8.27. The van der Waals surface area contributed by atoms with E-state index in [1.54, 1.807) is 0 Å². The Morgan fingerprint density at radius 2 is 0.932 bits per heavy atom. The highest BCUT2D eigenvalue weighted by Crippen LogP contribution is 2.45. The number of aromatic nitrogens is 1. The number of furan rings is 1. The van der Waals surface area contributed by atoms with Crippen LogP contribution >= 0.6 is 0 Å². The summed E-state index contributed by atoms with van der Waals surface area (Å²) in [5.41, 5.74) is 17.9. The van der Waals surface area contributed by atoms with E-state index < -0.39 is 0 Å². The first-order valence-corrected chi connectivity index (χ1v) is 20.3. The van der Waals surface area contributed by atoms with Gasteiger partial charge in [0.25, 0.3) is 0 Å². The molecule has 0 atom stereocenters. The summed E-state index contributed by atoms with van der Waals surface area (Å²) in [6.07, 6.45) is 0. The van der Waals surface area contributed by atoms with Crippen molar-refractivity contribution >= 4 is 60.8 Å². The fraction of sp³-hybridized carbons (Fsp3) is 0.0357. The van der Waals surface area contributed by atoms with Crippen molar-refractivity contribution in [3.8, 4) is 39.1 Å². The van der Waals surface area contributed by atoms with Gasteiger partial charge < -0.3 is 13.9 Å². The van der Waals surface area contributed by atoms with E-state index in [0.717, 1.165) is 55.8 Å². The quantitative estimate of drug-likeness (QED) is 0.161. The van der Waals surface area contributed by atoms with Crippen molar-refractivity contribution in [3.63, 3.8) is 0 Å². The number of anilines is 3. The lowest BCUT2D eigenvalue weighted by Crippen LogP contribution is -2.11. The average molecular weight is 757 g/mol. The van der Waals surface area contributed by atoms with Crippen LogP contribution in [0.2, 0.25) is 0 Å². The Balaban J connectivity index is 1.15. The van der Waals surface area contributed by atoms with E-state index in [2.05, 4.69) is 230 Å². The minimum absolute atomic E-state index is 0.872. The topological polar surface area (TPSA) is 21.3 Å². The zero-order chi connectivity index (χ0) is 39.5. The molecule has 0 spiro atoms. The lowest BCUT2D eigenvalue weighted by atomic mass is 9.94. The van der Waals surface area contributed by atoms with Crippen LogP contribution in [0.4, 0.5) is 17.1 Å². The van der Waals surface area contributed by atoms with E-state index >= 15 is 0 Å². The molecular weight excluding hydrogens is 717 g/mol. The summed E-state index contributed by atoms with van der Waals surface area (Å²) in [4.78, 5) is 2.41. The second kappa shape index (κ2) is 14.1. The molecule has 0 N–H and O–H groups in total. The van der Waals surface area contributed by atoms with Gasteiger partial charge in [-0.3, -0.25) is 0 Å². The highest BCUT2D eigenvalue weighted by Gasteiger charge is 2.22. The summed E-state index contributed by atoms with van der Waals surface area (Å²) in [6.45, 7) is 4.46. The molecule has 0 aliphatic rings. The molecule has 280 valence electrons. The Hall–Kier alpha value is -7.62. The van der Waals surface area contributed by atoms with Gasteiger partial charge in [-0.25, -0.2) is 0 Å². The monoisotopic (exact) mass is 756 g/mol. The molecule has 9 aromatic carbocycles. The van der Waals surface area contributed by atoms with E-state index in [4.69, 9.17) is 4.42 Å². The molecular formula is C56H40N2O. The number of benzene rings is 9. The first-order chi connectivity index (χ1) is 29.1. The number of fused-ring (bicyclic) bond motifs is 6. The van der Waals surface area contributed by atoms with E-state index in [-0.39, 0.29) is 0 Å². The molecule has 0 unspecified atom stereocenters. The third-order valence-electron chi connectivity index (χ3n) is 11.8. The molecule has 3 heteroatoms. The maximum Gasteiger partial charge on any atom is 0.143 e. The average Bonchev–Trinajstić information content (AvgIpc) is 3.83. The molecule has 0 bridgehead atoms. The highest BCUT2D eigenvalue weighted by atomic mass is 16.3. The predicted octanol–water partition coefficient (Wildman–Crippen LogP) is 15.8. The number of hydrogen-bond donors (Lipinski definition) is 0. The summed E-state index contributed by atoms with van der Waals surface area (Å²) in [7, 11) is 0. The molecule has 11 aromatic rings. The Labute approximate surface area is 343 Å². The first-order valence-electron chi connectivity index (χ1n) is 20.3. The van der Waals surface area contributed by atoms with E-state index in [1.807, 2.05) is 0 Å². The second-order valence-electron chi connectivity index (χ2n) is 15.5. The van der Waals surface area contributed by atoms with Crippen molar-refractivity contribution in [1.82, 2.24) is 4.57 Å². The van der Waals surface area contributed by atoms with Crippen LogP contribution in [-0.4, -0.2) is 4.57 Å². The molecule has 2 heterocycles. The minimum Gasteiger partial charge on any atom is -0.455 e. The number of aryl methyl sites for hydroxylation is 2. The molecule has 2 aromatic heterocycles. The van der Waals surface area contributed by atoms with Crippen LogP contribution in [0, 0.1) is 13.8 Å². The largest absolute Gasteiger partial charge is 0.455 e. The van der Waals surface area contributed by atoms with Crippen LogP contribution in [0.5, 0.6) is 0 Å². The van der Waals surface area contributed by atoms with E-state index in [0.29, 0.717) is 0 Å². The normalized spacial score (nSPS) is 11.6. The molecule has 0 amide bonds. The molecule has 0 aliphatic heterocycles. The standard InChI is InChI=1S/C56H40N2O/c1-37-32-45(33-38(2)55(37)41-18-7-4-8-19-41)57(43-30-28-40(29-31-43)39-16-5-3-6-17-39)46-35-50(56-51(36-46)49-24-11-14-27-54(49)59-56)42-20-15-21-44(34-42)58-52-25-12-9-22-47(52)48-23-10-13-26-53(48)58/h3-36H,1-2H3. The number of nitrogens with zero attached hydrogens (tertiary/aromatic N) is 2. The summed E-state index contributed by atoms with van der Waals surface area (Å²) >= 11 is 0. The predicted molar refractivity (Wildman–Crippen MR) is 249 cm³/mol. The van der Waals surface area contributed by atoms with Crippen LogP contribution in [0.25, 0.3) is 82.8 Å². The third kappa shape index (κ3) is 5.90. The van der Waals surface area contributed by atoms with Crippen molar-refractivity contribution in [1.29, 1.82) is 0 Å². The molecule has 11 rings (SSSR count). The Morgan fingerprint density at radius 3 is 1.61 bits per heavy atom. The van der Waals surface area contributed by atoms with Crippen LogP contribution in [-0.2, 0) is 0 Å². The molecule has 0 radical (unpaired) electrons. The van der Waals surface area contributed by atoms with Gasteiger partial charge in [0.05, 0.1) is 11.0 Å². The molecule has 59 heavy (non-hydrogen) atoms. The van der Waals surface area contributed by atoms with Gasteiger partial charge in [-0.05, 0) is 120 Å². The fourth-order valence-electron chi connectivity index (χ4n) is 9.18. The third-order valence-corrected chi connectivity index (χ3v) is 11.8. The number of rotatable bonds is 7. The lowest BCUT2D eigenvalue weighted by Gasteiger charge is -2.28. The smallest absolute Gasteiger partial charge is 0.143 e. The Morgan fingerprint density at radius 1 is 0.390 bits per heavy atom. The van der Waals surface area contributed by atoms with Gasteiger partial charge in [0.2, 0.25) is 0 Å². The van der Waals surface area contributed by atoms with Gasteiger partial charge in [0, 0.05) is 49.9 Å². The van der Waals surface area contributed by atoms with Crippen molar-refractivity contribution in [2.45, 2.75) is 13.8 Å². The van der Waals surface area contributed by atoms with Gasteiger partial charge in [-0.2, -0.15) is 0 Å². The number of hydrogen-bond acceptors (Lipinski definition) is 2. The molecule has 0 saturated carbocycles. The van der Waals surface area contributed by atoms with Gasteiger partial charge in [0.15, 0.2) is 0 Å². The Bertz CT molecular complexity index is 3260. The number of para-hydroxylation sites is 3. The zero-order valence-corrected chi connectivity index (χ0v) is 32.9. The lowest BCUT2D eigenvalue weighted by molar-refractivity contribution is 0.670. The van der Waals surface area contributed by atoms with Crippen LogP contribution in [0.3, 0.4) is 0 Å². The maximum atomic E-state index is 6.80. The summed E-state index contributed by atoms with van der Waals surface area (Å²) in [5, 5.41) is 4.66. The van der Waals surface area contributed by atoms with Crippen molar-refractivity contribution in [2.75, 3.05) is 4.90 Å². The fourth-order valence-corrected chi connectivity index (χ4v) is 9.18. The van der Waals surface area contributed by atoms with Crippen LogP contribution < -0.4 is 4.90 Å². The summed E-state index contributed by atoms with van der Waals surface area (Å²) in [6, 6.07) is 74.2. The minimum atomic E-state index is 0.872. The zero-order valence-electron chi connectivity index (χ0n) is 32.9. The van der Waals surface area contributed by atoms with Gasteiger partial charge in [-0.15, -0.1) is 0 Å². The highest BCUT2D eigenvalue weighted by molar-refractivity contribution is 6.12. The van der Waals surface area contributed by atoms with Gasteiger partial charge in [0.1, 0.15) is 11.2 Å². The van der Waals surface area contributed by atoms with Crippen molar-refractivity contribution < 1.29 is 4.42 Å². The maximum absolute atomic E-state index is 6.80. The van der Waals surface area contributed by atoms with Crippen molar-refractivity contribution in [3.05, 3.63) is 217 Å².